The summed E-state index contributed by atoms with van der Waals surface area (Å²) in [6.07, 6.45) is 0.00111. The number of carbonyl (C=O) groups excluding carboxylic acids is 14. The van der Waals surface area contributed by atoms with Crippen LogP contribution >= 0.6 is 25.3 Å². The molecule has 115 heavy (non-hydrogen) atoms. The van der Waals surface area contributed by atoms with E-state index in [0.717, 1.165) is 0 Å². The molecule has 0 aliphatic heterocycles. The maximum absolute atomic E-state index is 14.5. The van der Waals surface area contributed by atoms with Gasteiger partial charge < -0.3 is 129 Å². The first-order valence-electron chi connectivity index (χ1n) is 37.3. The molecular weight excluding hydrogens is 1540 g/mol. The summed E-state index contributed by atoms with van der Waals surface area (Å²) < 4.78 is 0. The summed E-state index contributed by atoms with van der Waals surface area (Å²) in [5, 5.41) is 82.8. The second-order valence-electron chi connectivity index (χ2n) is 27.4. The first kappa shape index (κ1) is 99.5. The largest absolute Gasteiger partial charge is 0.481 e. The van der Waals surface area contributed by atoms with Crippen LogP contribution in [-0.2, 0) is 84.8 Å². The Morgan fingerprint density at radius 2 is 0.800 bits per heavy atom. The average molecular weight is 1650 g/mol. The smallest absolute Gasteiger partial charge is 0.305 e. The van der Waals surface area contributed by atoms with Crippen molar-refractivity contribution >= 4 is 138 Å². The highest BCUT2D eigenvalue weighted by Gasteiger charge is 2.37. The Morgan fingerprint density at radius 3 is 1.28 bits per heavy atom. The average Bonchev–Trinajstić information content (AvgIpc) is 0.850. The number of hydrogen-bond donors (Lipinski definition) is 29. The molecule has 0 aliphatic carbocycles. The molecule has 2 aromatic rings. The van der Waals surface area contributed by atoms with Gasteiger partial charge in [-0.05, 0) is 87.7 Å². The number of thiol groups is 2. The maximum Gasteiger partial charge on any atom is 0.305 e. The third-order valence-electron chi connectivity index (χ3n) is 17.3. The number of carboxylic acids is 1. The molecule has 638 valence electrons. The number of aliphatic carboxylic acids is 1. The van der Waals surface area contributed by atoms with Gasteiger partial charge in [-0.2, -0.15) is 25.3 Å². The van der Waals surface area contributed by atoms with E-state index in [1.807, 2.05) is 0 Å². The Hall–Kier alpha value is -11.6. The van der Waals surface area contributed by atoms with Crippen LogP contribution in [0.1, 0.15) is 116 Å². The standard InChI is InChI=1S/C71H116N26O16S2/c1-6-39(4)56(67(113)96-52(37-115)66(112)93-49(31-42-19-11-8-12-20-42)62(108)88-43(35-98)21-13-25-81-68(73)74)97-61(107)46(24-16-28-84-71(79)80)90-64(110)50(32-55(101)102)94-63(109)47(29-38(2)3)92-60(106)45(23-15-27-83-70(77)78)89-54(100)34-85-53(99)33-86-59(105)48(30-41-17-9-7-10-18-41)91-57(103)40(5)87-65(111)51(36-114)95-58(104)44(72)22-14-26-82-69(75)76/h7-12,17-20,35,38-40,43-52,56,114-115H,6,13-16,21-34,36-37,72H2,1-5H3,(H,85,99)(H,86,105)(H,87,111)(H,88,108)(H,89,100)(H,90,110)(H,91,103)(H,92,106)(H,93,112)(H,94,109)(H,95,104)(H,96,113)(H,97,107)(H,101,102)(H4,73,74,81)(H4,75,76,82)(H4,77,78,83)(H4,79,80,84)/t39-,40+,43-,44-,45-,46-,47-,48-,49-,50-,51-,52-,56-/m0/s1. The lowest BCUT2D eigenvalue weighted by molar-refractivity contribution is -0.141. The van der Waals surface area contributed by atoms with Crippen molar-refractivity contribution in [1.82, 2.24) is 90.4 Å². The number of hydrogen-bond acceptors (Lipinski definition) is 22. The van der Waals surface area contributed by atoms with Gasteiger partial charge in [0.2, 0.25) is 76.8 Å². The molecule has 32 N–H and O–H groups in total. The molecule has 2 aromatic carbocycles. The summed E-state index contributed by atoms with van der Waals surface area (Å²) in [4.78, 5) is 205. The molecule has 0 fully saturated rings. The summed E-state index contributed by atoms with van der Waals surface area (Å²) in [6, 6.07) is 0.241. The molecule has 0 radical (unpaired) electrons. The molecule has 2 rings (SSSR count). The number of benzene rings is 2. The van der Waals surface area contributed by atoms with Crippen molar-refractivity contribution in [2.24, 2.45) is 40.5 Å². The van der Waals surface area contributed by atoms with Crippen molar-refractivity contribution in [3.05, 3.63) is 71.8 Å². The Morgan fingerprint density at radius 1 is 0.417 bits per heavy atom. The predicted octanol–water partition coefficient (Wildman–Crippen LogP) is -6.94. The minimum absolute atomic E-state index is 0.00630. The van der Waals surface area contributed by atoms with Crippen molar-refractivity contribution in [2.45, 2.75) is 191 Å². The fourth-order valence-electron chi connectivity index (χ4n) is 10.9. The van der Waals surface area contributed by atoms with Crippen LogP contribution in [0, 0.1) is 33.5 Å². The highest BCUT2D eigenvalue weighted by Crippen LogP contribution is 2.14. The Balaban J connectivity index is 2.36. The maximum atomic E-state index is 14.5. The van der Waals surface area contributed by atoms with Crippen LogP contribution in [0.3, 0.4) is 0 Å². The van der Waals surface area contributed by atoms with Crippen molar-refractivity contribution in [3.8, 4) is 0 Å². The summed E-state index contributed by atoms with van der Waals surface area (Å²) in [7, 11) is 0. The van der Waals surface area contributed by atoms with Crippen LogP contribution < -0.4 is 119 Å². The molecule has 13 atom stereocenters. The van der Waals surface area contributed by atoms with Crippen molar-refractivity contribution < 1.29 is 77.0 Å². The molecule has 0 aliphatic rings. The summed E-state index contributed by atoms with van der Waals surface area (Å²) >= 11 is 8.48. The fraction of sp³-hybridized carbons (Fsp3) is 0.563. The Kier molecular flexibility index (Phi) is 46.9. The zero-order valence-electron chi connectivity index (χ0n) is 65.1. The molecule has 13 amide bonds. The first-order chi connectivity index (χ1) is 54.4. The molecule has 0 unspecified atom stereocenters. The molecule has 0 heterocycles. The van der Waals surface area contributed by atoms with Gasteiger partial charge in [-0.1, -0.05) is 94.8 Å². The monoisotopic (exact) mass is 1650 g/mol. The Bertz CT molecular complexity index is 3610. The van der Waals surface area contributed by atoms with Crippen LogP contribution in [0.15, 0.2) is 60.7 Å². The number of nitrogens with two attached hydrogens (primary N) is 5. The zero-order valence-corrected chi connectivity index (χ0v) is 66.9. The van der Waals surface area contributed by atoms with E-state index in [-0.39, 0.29) is 114 Å². The van der Waals surface area contributed by atoms with Crippen LogP contribution in [0.25, 0.3) is 0 Å². The van der Waals surface area contributed by atoms with E-state index in [9.17, 15) is 77.0 Å². The van der Waals surface area contributed by atoms with Crippen molar-refractivity contribution in [1.29, 1.82) is 21.6 Å². The van der Waals surface area contributed by atoms with Crippen LogP contribution in [0.2, 0.25) is 0 Å². The van der Waals surface area contributed by atoms with Gasteiger partial charge in [-0.25, -0.2) is 0 Å². The predicted molar refractivity (Wildman–Crippen MR) is 433 cm³/mol. The van der Waals surface area contributed by atoms with Gasteiger partial charge in [0.1, 0.15) is 66.7 Å². The molecule has 44 heteroatoms. The molecule has 0 saturated carbocycles. The summed E-state index contributed by atoms with van der Waals surface area (Å²) in [5.41, 5.74) is 28.8. The number of amides is 13. The van der Waals surface area contributed by atoms with E-state index in [1.54, 1.807) is 88.4 Å². The van der Waals surface area contributed by atoms with E-state index >= 15 is 0 Å². The number of carboxylic acid groups (broad SMARTS) is 1. The molecular formula is C71H116N26O16S2. The molecule has 0 bridgehead atoms. The van der Waals surface area contributed by atoms with Crippen LogP contribution in [0.4, 0.5) is 0 Å². The van der Waals surface area contributed by atoms with Gasteiger partial charge in [0, 0.05) is 50.5 Å². The third-order valence-corrected chi connectivity index (χ3v) is 18.1. The molecule has 0 saturated heterocycles. The van der Waals surface area contributed by atoms with Gasteiger partial charge in [0.05, 0.1) is 31.6 Å². The molecule has 0 spiro atoms. The topological polar surface area (TPSA) is 706 Å². The minimum atomic E-state index is -1.97. The summed E-state index contributed by atoms with van der Waals surface area (Å²) in [5.74, 6) is -16.5. The molecule has 42 nitrogen and oxygen atoms in total. The Labute approximate surface area is 677 Å². The second kappa shape index (κ2) is 54.2. The number of nitrogens with one attached hydrogen (secondary N) is 21. The first-order valence-corrected chi connectivity index (χ1v) is 38.6. The van der Waals surface area contributed by atoms with Crippen LogP contribution in [0.5, 0.6) is 0 Å². The van der Waals surface area contributed by atoms with E-state index in [4.69, 9.17) is 50.3 Å². The van der Waals surface area contributed by atoms with Gasteiger partial charge in [-0.15, -0.1) is 0 Å². The number of aldehydes is 1. The van der Waals surface area contributed by atoms with Gasteiger partial charge in [-0.3, -0.25) is 88.8 Å². The van der Waals surface area contributed by atoms with Crippen LogP contribution in [-0.4, -0.2) is 241 Å². The number of carbonyl (C=O) groups is 15. The van der Waals surface area contributed by atoms with Crippen molar-refractivity contribution in [2.75, 3.05) is 50.8 Å². The van der Waals surface area contributed by atoms with Gasteiger partial charge in [0.25, 0.3) is 0 Å². The van der Waals surface area contributed by atoms with Crippen molar-refractivity contribution in [3.63, 3.8) is 0 Å². The molecule has 0 aromatic heterocycles. The van der Waals surface area contributed by atoms with E-state index in [0.29, 0.717) is 30.3 Å². The summed E-state index contributed by atoms with van der Waals surface area (Å²) in [6.45, 7) is 6.89. The number of guanidine groups is 4. The third kappa shape index (κ3) is 41.2. The quantitative estimate of drug-likeness (QED) is 0.00962. The van der Waals surface area contributed by atoms with Gasteiger partial charge in [0.15, 0.2) is 23.8 Å². The normalized spacial score (nSPS) is 14.2. The SMILES string of the molecule is CC[C@H](C)[C@H](NC(=O)[C@H](CCCNC(=N)N)NC(=O)[C@H](CC(=O)O)NC(=O)[C@H](CC(C)C)NC(=O)[C@H](CCCNC(=N)N)NC(=O)CNC(=O)CNC(=O)[C@H](Cc1ccccc1)NC(=O)[C@@H](C)NC(=O)[C@H](CS)NC(=O)[C@@H](N)CCCNC(=N)N)C(=O)N[C@@H](CS)C(=O)N[C@@H](Cc1ccccc1)C(=O)N[C@H](C=O)CCCNC(=N)N. The van der Waals surface area contributed by atoms with E-state index < -0.39 is 199 Å². The van der Waals surface area contributed by atoms with E-state index in [1.165, 1.54) is 6.92 Å². The lowest BCUT2D eigenvalue weighted by Gasteiger charge is -2.29. The highest BCUT2D eigenvalue weighted by atomic mass is 32.1. The zero-order chi connectivity index (χ0) is 86.3. The lowest BCUT2D eigenvalue weighted by atomic mass is 9.97. The lowest BCUT2D eigenvalue weighted by Crippen LogP contribution is -2.61. The van der Waals surface area contributed by atoms with Gasteiger partial charge >= 0.3 is 5.97 Å². The highest BCUT2D eigenvalue weighted by molar-refractivity contribution is 7.80. The fourth-order valence-corrected chi connectivity index (χ4v) is 11.4. The van der Waals surface area contributed by atoms with E-state index in [2.05, 4.69) is 116 Å². The minimum Gasteiger partial charge on any atom is -0.481 e. The second-order valence-corrected chi connectivity index (χ2v) is 28.1. The number of rotatable bonds is 55.